The molecule has 23 heavy (non-hydrogen) atoms. The Hall–Kier alpha value is -1.76. The molecule has 0 saturated carbocycles. The molecule has 1 fully saturated rings. The maximum absolute atomic E-state index is 12.3. The number of thiocarbonyl (C=S) groups is 1. The largest absolute Gasteiger partial charge is 0.450 e. The molecule has 0 atom stereocenters. The van der Waals surface area contributed by atoms with Crippen molar-refractivity contribution in [1.82, 2.24) is 4.90 Å². The highest BCUT2D eigenvalue weighted by Crippen LogP contribution is 2.34. The highest BCUT2D eigenvalue weighted by Gasteiger charge is 2.31. The van der Waals surface area contributed by atoms with Gasteiger partial charge in [0.05, 0.1) is 4.91 Å². The van der Waals surface area contributed by atoms with E-state index >= 15 is 0 Å². The van der Waals surface area contributed by atoms with Crippen molar-refractivity contribution in [2.45, 2.75) is 9.99 Å². The highest BCUT2D eigenvalue weighted by atomic mass is 32.2. The molecule has 0 spiro atoms. The number of rotatable bonds is 5. The van der Waals surface area contributed by atoms with E-state index in [1.54, 1.807) is 12.2 Å². The lowest BCUT2D eigenvalue weighted by Crippen LogP contribution is -2.27. The van der Waals surface area contributed by atoms with Crippen LogP contribution in [0.15, 0.2) is 74.4 Å². The Morgan fingerprint density at radius 2 is 2.04 bits per heavy atom. The molecular formula is C17H13NO2S3. The third-order valence-electron chi connectivity index (χ3n) is 3.02. The summed E-state index contributed by atoms with van der Waals surface area (Å²) in [5, 5.41) is 0.782. The van der Waals surface area contributed by atoms with E-state index in [9.17, 15) is 4.79 Å². The molecule has 2 heterocycles. The fourth-order valence-electron chi connectivity index (χ4n) is 1.99. The lowest BCUT2D eigenvalue weighted by Gasteiger charge is -2.10. The molecule has 3 nitrogen and oxygen atoms in total. The molecule has 116 valence electrons. The topological polar surface area (TPSA) is 33.5 Å². The SMILES string of the molecule is C=CCN1C(=O)C(=Cc2ccc(Sc3ccccc3)o2)SC1=S. The Kier molecular flexibility index (Phi) is 5.05. The summed E-state index contributed by atoms with van der Waals surface area (Å²) in [6.07, 6.45) is 3.40. The molecule has 0 radical (unpaired) electrons. The number of hydrogen-bond acceptors (Lipinski definition) is 5. The third kappa shape index (κ3) is 3.77. The standard InChI is InChI=1S/C17H13NO2S3/c1-2-10-18-16(19)14(23-17(18)21)11-12-8-9-15(20-12)22-13-6-4-3-5-7-13/h2-9,11H,1,10H2. The van der Waals surface area contributed by atoms with Crippen LogP contribution in [0.5, 0.6) is 0 Å². The van der Waals surface area contributed by atoms with E-state index in [1.165, 1.54) is 28.4 Å². The van der Waals surface area contributed by atoms with Gasteiger partial charge in [-0.15, -0.1) is 6.58 Å². The van der Waals surface area contributed by atoms with Crippen LogP contribution >= 0.6 is 35.7 Å². The summed E-state index contributed by atoms with van der Waals surface area (Å²) in [5.41, 5.74) is 0. The van der Waals surface area contributed by atoms with Gasteiger partial charge in [-0.3, -0.25) is 9.69 Å². The molecule has 1 aromatic heterocycles. The number of hydrogen-bond donors (Lipinski definition) is 0. The van der Waals surface area contributed by atoms with E-state index in [1.807, 2.05) is 42.5 Å². The van der Waals surface area contributed by atoms with E-state index in [-0.39, 0.29) is 5.91 Å². The predicted octanol–water partition coefficient (Wildman–Crippen LogP) is 4.82. The maximum atomic E-state index is 12.3. The van der Waals surface area contributed by atoms with E-state index < -0.39 is 0 Å². The molecule has 1 aromatic carbocycles. The van der Waals surface area contributed by atoms with Crippen molar-refractivity contribution in [1.29, 1.82) is 0 Å². The van der Waals surface area contributed by atoms with Crippen molar-refractivity contribution in [3.63, 3.8) is 0 Å². The molecule has 0 unspecified atom stereocenters. The molecule has 0 aliphatic carbocycles. The zero-order valence-corrected chi connectivity index (χ0v) is 14.5. The second-order valence-corrected chi connectivity index (χ2v) is 7.41. The lowest BCUT2D eigenvalue weighted by atomic mass is 10.3. The fraction of sp³-hybridized carbons (Fsp3) is 0.0588. The molecule has 2 aromatic rings. The summed E-state index contributed by atoms with van der Waals surface area (Å²) < 4.78 is 6.32. The van der Waals surface area contributed by atoms with Crippen LogP contribution in [-0.2, 0) is 4.79 Å². The summed E-state index contributed by atoms with van der Waals surface area (Å²) in [7, 11) is 0. The number of nitrogens with zero attached hydrogens (tertiary/aromatic N) is 1. The van der Waals surface area contributed by atoms with Gasteiger partial charge < -0.3 is 4.42 Å². The van der Waals surface area contributed by atoms with Gasteiger partial charge in [0, 0.05) is 17.5 Å². The molecule has 1 aliphatic rings. The van der Waals surface area contributed by atoms with Crippen molar-refractivity contribution in [3.8, 4) is 0 Å². The van der Waals surface area contributed by atoms with Crippen molar-refractivity contribution in [3.05, 3.63) is 65.8 Å². The second kappa shape index (κ2) is 7.21. The van der Waals surface area contributed by atoms with Crippen molar-refractivity contribution in [2.75, 3.05) is 6.54 Å². The average Bonchev–Trinajstić information content (AvgIpc) is 3.09. The summed E-state index contributed by atoms with van der Waals surface area (Å²) in [5.74, 6) is 0.538. The first-order valence-corrected chi connectivity index (χ1v) is 8.90. The number of thioether (sulfide) groups is 1. The molecular weight excluding hydrogens is 346 g/mol. The van der Waals surface area contributed by atoms with Crippen LogP contribution in [0.1, 0.15) is 5.76 Å². The van der Waals surface area contributed by atoms with Crippen LogP contribution in [0.4, 0.5) is 0 Å². The Labute approximate surface area is 148 Å². The molecule has 1 amide bonds. The Morgan fingerprint density at radius 3 is 2.78 bits per heavy atom. The van der Waals surface area contributed by atoms with Gasteiger partial charge in [0.1, 0.15) is 10.1 Å². The van der Waals surface area contributed by atoms with Crippen LogP contribution in [0.25, 0.3) is 6.08 Å². The summed E-state index contributed by atoms with van der Waals surface area (Å²) in [6.45, 7) is 4.07. The van der Waals surface area contributed by atoms with Gasteiger partial charge in [-0.1, -0.05) is 60.0 Å². The molecule has 6 heteroatoms. The van der Waals surface area contributed by atoms with E-state index in [0.717, 1.165) is 9.99 Å². The molecule has 0 bridgehead atoms. The van der Waals surface area contributed by atoms with Gasteiger partial charge in [0.25, 0.3) is 5.91 Å². The number of benzene rings is 1. The number of carbonyl (C=O) groups excluding carboxylic acids is 1. The zero-order valence-electron chi connectivity index (χ0n) is 12.1. The summed E-state index contributed by atoms with van der Waals surface area (Å²) in [6, 6.07) is 13.7. The maximum Gasteiger partial charge on any atom is 0.266 e. The van der Waals surface area contributed by atoms with E-state index in [4.69, 9.17) is 16.6 Å². The minimum atomic E-state index is -0.103. The number of furan rings is 1. The fourth-order valence-corrected chi connectivity index (χ4v) is 4.04. The molecule has 1 aliphatic heterocycles. The van der Waals surface area contributed by atoms with E-state index in [2.05, 4.69) is 6.58 Å². The van der Waals surface area contributed by atoms with Crippen LogP contribution in [0.2, 0.25) is 0 Å². The smallest absolute Gasteiger partial charge is 0.266 e. The first-order chi connectivity index (χ1) is 11.2. The van der Waals surface area contributed by atoms with Crippen LogP contribution in [0, 0.1) is 0 Å². The quantitative estimate of drug-likeness (QED) is 0.434. The highest BCUT2D eigenvalue weighted by molar-refractivity contribution is 8.26. The van der Waals surface area contributed by atoms with Crippen LogP contribution in [0.3, 0.4) is 0 Å². The number of carbonyl (C=O) groups is 1. The Balaban J connectivity index is 1.75. The molecule has 0 N–H and O–H groups in total. The number of amides is 1. The molecule has 3 rings (SSSR count). The predicted molar refractivity (Wildman–Crippen MR) is 99.3 cm³/mol. The van der Waals surface area contributed by atoms with Crippen LogP contribution in [-0.4, -0.2) is 21.7 Å². The van der Waals surface area contributed by atoms with E-state index in [0.29, 0.717) is 21.5 Å². The van der Waals surface area contributed by atoms with Gasteiger partial charge >= 0.3 is 0 Å². The first kappa shape index (κ1) is 16.1. The van der Waals surface area contributed by atoms with Gasteiger partial charge in [-0.2, -0.15) is 0 Å². The molecule has 1 saturated heterocycles. The zero-order chi connectivity index (χ0) is 16.2. The second-order valence-electron chi connectivity index (χ2n) is 4.65. The Bertz CT molecular complexity index is 780. The van der Waals surface area contributed by atoms with Crippen LogP contribution < -0.4 is 0 Å². The van der Waals surface area contributed by atoms with Gasteiger partial charge in [-0.05, 0) is 24.3 Å². The van der Waals surface area contributed by atoms with Crippen molar-refractivity contribution < 1.29 is 9.21 Å². The monoisotopic (exact) mass is 359 g/mol. The Morgan fingerprint density at radius 1 is 1.26 bits per heavy atom. The van der Waals surface area contributed by atoms with Crippen molar-refractivity contribution >= 4 is 52.0 Å². The summed E-state index contributed by atoms with van der Waals surface area (Å²) in [4.78, 5) is 15.5. The first-order valence-electron chi connectivity index (χ1n) is 6.86. The van der Waals surface area contributed by atoms with Gasteiger partial charge in [0.2, 0.25) is 0 Å². The average molecular weight is 359 g/mol. The van der Waals surface area contributed by atoms with Gasteiger partial charge in [0.15, 0.2) is 5.09 Å². The van der Waals surface area contributed by atoms with Gasteiger partial charge in [-0.25, -0.2) is 0 Å². The lowest BCUT2D eigenvalue weighted by molar-refractivity contribution is -0.121. The minimum absolute atomic E-state index is 0.103. The third-order valence-corrected chi connectivity index (χ3v) is 5.33. The summed E-state index contributed by atoms with van der Waals surface area (Å²) >= 11 is 8.04. The van der Waals surface area contributed by atoms with Crippen molar-refractivity contribution in [2.24, 2.45) is 0 Å². The minimum Gasteiger partial charge on any atom is -0.450 e. The normalized spacial score (nSPS) is 16.3.